The largest absolute Gasteiger partial charge is 0.307 e. The quantitative estimate of drug-likeness (QED) is 0.327. The molecule has 0 radical (unpaired) electrons. The van der Waals surface area contributed by atoms with Crippen molar-refractivity contribution in [3.8, 4) is 0 Å². The molecule has 1 aromatic heterocycles. The van der Waals surface area contributed by atoms with Crippen molar-refractivity contribution in [3.05, 3.63) is 120 Å². The predicted octanol–water partition coefficient (Wildman–Crippen LogP) is 5.34. The second-order valence-corrected chi connectivity index (χ2v) is 9.67. The molecule has 0 spiro atoms. The Balaban J connectivity index is 1.90. The third-order valence-electron chi connectivity index (χ3n) is 5.00. The van der Waals surface area contributed by atoms with Crippen molar-refractivity contribution in [2.75, 3.05) is 0 Å². The van der Waals surface area contributed by atoms with Crippen LogP contribution in [0.25, 0.3) is 12.2 Å². The van der Waals surface area contributed by atoms with Gasteiger partial charge in [0.2, 0.25) is 0 Å². The van der Waals surface area contributed by atoms with Gasteiger partial charge in [-0.05, 0) is 41.8 Å². The summed E-state index contributed by atoms with van der Waals surface area (Å²) < 4.78 is 28.0. The first-order valence-corrected chi connectivity index (χ1v) is 11.4. The number of hydrogen-bond acceptors (Lipinski definition) is 2. The molecule has 0 N–H and O–H groups in total. The van der Waals surface area contributed by atoms with Crippen LogP contribution in [0.4, 0.5) is 4.39 Å². The molecule has 4 rings (SSSR count). The first kappa shape index (κ1) is 20.0. The van der Waals surface area contributed by atoms with Gasteiger partial charge in [-0.25, -0.2) is 4.39 Å². The monoisotopic (exact) mass is 413 g/mol. The molecule has 1 heterocycles. The zero-order valence-corrected chi connectivity index (χ0v) is 17.5. The Morgan fingerprint density at radius 2 is 1.50 bits per heavy atom. The molecular formula is C26H21FNOP. The topological polar surface area (TPSA) is 30.0 Å². The van der Waals surface area contributed by atoms with Crippen LogP contribution in [0, 0.1) is 12.7 Å². The summed E-state index contributed by atoms with van der Waals surface area (Å²) in [7, 11) is -3.20. The fraction of sp³-hybridized carbons (Fsp3) is 0.0385. The van der Waals surface area contributed by atoms with E-state index >= 15 is 0 Å². The molecule has 0 saturated carbocycles. The van der Waals surface area contributed by atoms with Crippen LogP contribution in [0.15, 0.2) is 97.2 Å². The zero-order valence-electron chi connectivity index (χ0n) is 16.6. The molecule has 0 aliphatic rings. The maximum Gasteiger partial charge on any atom is 0.189 e. The summed E-state index contributed by atoms with van der Waals surface area (Å²) in [6.07, 6.45) is 5.52. The molecule has 0 saturated heterocycles. The van der Waals surface area contributed by atoms with Crippen molar-refractivity contribution in [2.24, 2.45) is 0 Å². The van der Waals surface area contributed by atoms with E-state index in [1.165, 1.54) is 12.1 Å². The Morgan fingerprint density at radius 1 is 0.800 bits per heavy atom. The second kappa shape index (κ2) is 8.61. The molecule has 4 heteroatoms. The van der Waals surface area contributed by atoms with E-state index in [-0.39, 0.29) is 5.82 Å². The smallest absolute Gasteiger partial charge is 0.189 e. The normalized spacial score (nSPS) is 13.3. The summed E-state index contributed by atoms with van der Waals surface area (Å²) >= 11 is 0. The molecule has 0 aliphatic carbocycles. The molecule has 4 aromatic rings. The Hall–Kier alpha value is -3.29. The van der Waals surface area contributed by atoms with Crippen LogP contribution in [0.3, 0.4) is 0 Å². The number of nitrogens with zero attached hydrogens (tertiary/aromatic N) is 1. The number of aryl methyl sites for hydroxylation is 1. The predicted molar refractivity (Wildman–Crippen MR) is 124 cm³/mol. The molecule has 0 bridgehead atoms. The number of halogens is 1. The number of pyridine rings is 1. The highest BCUT2D eigenvalue weighted by Crippen LogP contribution is 2.43. The van der Waals surface area contributed by atoms with Gasteiger partial charge in [-0.1, -0.05) is 84.9 Å². The van der Waals surface area contributed by atoms with Crippen LogP contribution in [0.5, 0.6) is 0 Å². The van der Waals surface area contributed by atoms with Gasteiger partial charge in [-0.3, -0.25) is 4.98 Å². The average molecular weight is 413 g/mol. The zero-order chi connectivity index (χ0) is 21.0. The number of benzene rings is 3. The Bertz CT molecular complexity index is 1230. The number of aromatic nitrogens is 1. The van der Waals surface area contributed by atoms with Crippen LogP contribution in [0.1, 0.15) is 16.7 Å². The molecule has 0 fully saturated rings. The first-order chi connectivity index (χ1) is 14.6. The van der Waals surface area contributed by atoms with E-state index in [9.17, 15) is 8.96 Å². The van der Waals surface area contributed by atoms with Gasteiger partial charge in [0, 0.05) is 16.8 Å². The maximum atomic E-state index is 14.8. The minimum absolute atomic E-state index is 0.272. The molecule has 0 amide bonds. The van der Waals surface area contributed by atoms with Gasteiger partial charge in [0.1, 0.15) is 11.3 Å². The summed E-state index contributed by atoms with van der Waals surface area (Å²) in [5, 5.41) is 1.48. The van der Waals surface area contributed by atoms with Crippen molar-refractivity contribution in [2.45, 2.75) is 6.92 Å². The highest BCUT2D eigenvalue weighted by Gasteiger charge is 2.33. The van der Waals surface area contributed by atoms with Crippen molar-refractivity contribution in [3.63, 3.8) is 0 Å². The van der Waals surface area contributed by atoms with Crippen LogP contribution in [-0.2, 0) is 4.57 Å². The van der Waals surface area contributed by atoms with E-state index in [1.807, 2.05) is 85.8 Å². The number of hydrogen-bond donors (Lipinski definition) is 0. The van der Waals surface area contributed by atoms with E-state index in [1.54, 1.807) is 18.3 Å². The molecule has 1 atom stereocenters. The Morgan fingerprint density at radius 3 is 2.23 bits per heavy atom. The molecule has 30 heavy (non-hydrogen) atoms. The Kier molecular flexibility index (Phi) is 5.74. The van der Waals surface area contributed by atoms with Crippen molar-refractivity contribution in [1.82, 2.24) is 4.98 Å². The van der Waals surface area contributed by atoms with Crippen LogP contribution in [0.2, 0.25) is 0 Å². The molecule has 2 nitrogen and oxygen atoms in total. The lowest BCUT2D eigenvalue weighted by molar-refractivity contribution is 0.592. The third-order valence-corrected chi connectivity index (χ3v) is 8.18. The van der Waals surface area contributed by atoms with Gasteiger partial charge in [0.15, 0.2) is 7.14 Å². The van der Waals surface area contributed by atoms with Crippen LogP contribution < -0.4 is 16.0 Å². The second-order valence-electron chi connectivity index (χ2n) is 7.03. The lowest BCUT2D eigenvalue weighted by Crippen LogP contribution is -2.29. The molecule has 1 unspecified atom stereocenters. The van der Waals surface area contributed by atoms with Gasteiger partial charge in [0.25, 0.3) is 0 Å². The van der Waals surface area contributed by atoms with Crippen LogP contribution >= 0.6 is 7.14 Å². The molecule has 3 aromatic carbocycles. The summed E-state index contributed by atoms with van der Waals surface area (Å²) in [5.41, 5.74) is 3.20. The molecular weight excluding hydrogens is 392 g/mol. The lowest BCUT2D eigenvalue weighted by atomic mass is 10.1. The van der Waals surface area contributed by atoms with E-state index in [0.717, 1.165) is 27.3 Å². The standard InChI is InChI=1S/C26H21FNOP/c1-20-8-7-19-28-26(20)30(29,24-10-3-2-4-11-24)25-12-6-5-9-22(25)16-13-21-14-17-23(27)18-15-21/h2-19H,1H3/b16-13+. The van der Waals surface area contributed by atoms with Crippen molar-refractivity contribution in [1.29, 1.82) is 0 Å². The summed E-state index contributed by atoms with van der Waals surface area (Å²) in [4.78, 5) is 4.54. The van der Waals surface area contributed by atoms with Gasteiger partial charge < -0.3 is 4.57 Å². The summed E-state index contributed by atoms with van der Waals surface area (Å²) in [5.74, 6) is -0.272. The summed E-state index contributed by atoms with van der Waals surface area (Å²) in [6.45, 7) is 1.94. The average Bonchev–Trinajstić information content (AvgIpc) is 2.79. The van der Waals surface area contributed by atoms with Crippen LogP contribution in [-0.4, -0.2) is 4.98 Å². The van der Waals surface area contributed by atoms with Gasteiger partial charge in [-0.2, -0.15) is 0 Å². The molecule has 148 valence electrons. The van der Waals surface area contributed by atoms with Crippen molar-refractivity contribution < 1.29 is 8.96 Å². The fourth-order valence-corrected chi connectivity index (χ4v) is 6.45. The maximum absolute atomic E-state index is 14.8. The Labute approximate surface area is 176 Å². The third kappa shape index (κ3) is 3.90. The minimum Gasteiger partial charge on any atom is -0.307 e. The lowest BCUT2D eigenvalue weighted by Gasteiger charge is -2.22. The van der Waals surface area contributed by atoms with E-state index < -0.39 is 7.14 Å². The highest BCUT2D eigenvalue weighted by molar-refractivity contribution is 7.85. The SMILES string of the molecule is Cc1cccnc1P(=O)(c1ccccc1)c1ccccc1/C=C/c1ccc(F)cc1. The van der Waals surface area contributed by atoms with Gasteiger partial charge in [0.05, 0.1) is 0 Å². The highest BCUT2D eigenvalue weighted by atomic mass is 31.2. The molecule has 0 aliphatic heterocycles. The van der Waals surface area contributed by atoms with Crippen molar-refractivity contribution >= 4 is 35.3 Å². The minimum atomic E-state index is -3.20. The first-order valence-electron chi connectivity index (χ1n) is 9.70. The summed E-state index contributed by atoms with van der Waals surface area (Å²) in [6, 6.07) is 27.3. The number of rotatable bonds is 5. The van der Waals surface area contributed by atoms with E-state index in [4.69, 9.17) is 0 Å². The fourth-order valence-electron chi connectivity index (χ4n) is 3.50. The van der Waals surface area contributed by atoms with E-state index in [0.29, 0.717) is 5.44 Å². The van der Waals surface area contributed by atoms with Gasteiger partial charge in [-0.15, -0.1) is 0 Å². The van der Waals surface area contributed by atoms with Gasteiger partial charge >= 0.3 is 0 Å². The van der Waals surface area contributed by atoms with E-state index in [2.05, 4.69) is 4.98 Å².